The Bertz CT molecular complexity index is 636. The highest BCUT2D eigenvalue weighted by atomic mass is 16.6. The second-order valence-electron chi connectivity index (χ2n) is 6.90. The molecule has 0 unspecified atom stereocenters. The summed E-state index contributed by atoms with van der Waals surface area (Å²) < 4.78 is 5.37. The number of benzene rings is 1. The van der Waals surface area contributed by atoms with Crippen LogP contribution in [0.3, 0.4) is 0 Å². The first-order chi connectivity index (χ1) is 11.9. The molecule has 3 atom stereocenters. The van der Waals surface area contributed by atoms with Gasteiger partial charge in [-0.25, -0.2) is 4.79 Å². The largest absolute Gasteiger partial charge is 0.445 e. The summed E-state index contributed by atoms with van der Waals surface area (Å²) in [7, 11) is 2.06. The Labute approximate surface area is 146 Å². The SMILES string of the molecule is CN1CC[C@H]([C@@H]2C[C@@H](O)CN2C(=O)OCc2ccc([N+](=O)[O-])cc2)C1. The van der Waals surface area contributed by atoms with Crippen LogP contribution in [0.1, 0.15) is 18.4 Å². The lowest BCUT2D eigenvalue weighted by Gasteiger charge is -2.28. The van der Waals surface area contributed by atoms with E-state index >= 15 is 0 Å². The first-order valence-electron chi connectivity index (χ1n) is 8.47. The van der Waals surface area contributed by atoms with E-state index < -0.39 is 17.1 Å². The number of amides is 1. The fraction of sp³-hybridized carbons (Fsp3) is 0.588. The number of carbonyl (C=O) groups excluding carboxylic acids is 1. The number of aliphatic hydroxyl groups excluding tert-OH is 1. The van der Waals surface area contributed by atoms with Crippen molar-refractivity contribution in [1.82, 2.24) is 9.80 Å². The molecule has 2 fully saturated rings. The number of nitro benzene ring substituents is 1. The van der Waals surface area contributed by atoms with Crippen molar-refractivity contribution in [1.29, 1.82) is 0 Å². The first kappa shape index (κ1) is 17.6. The van der Waals surface area contributed by atoms with Gasteiger partial charge in [-0.15, -0.1) is 0 Å². The van der Waals surface area contributed by atoms with Gasteiger partial charge in [-0.1, -0.05) is 0 Å². The maximum absolute atomic E-state index is 12.5. The van der Waals surface area contributed by atoms with Gasteiger partial charge in [0.05, 0.1) is 17.6 Å². The standard InChI is InChI=1S/C17H23N3O5/c1-18-7-6-13(9-18)16-8-15(21)10-19(16)17(22)25-11-12-2-4-14(5-3-12)20(23)24/h2-5,13,15-16,21H,6-11H2,1H3/t13-,15+,16-/m0/s1. The molecule has 0 radical (unpaired) electrons. The van der Waals surface area contributed by atoms with Gasteiger partial charge in [0.1, 0.15) is 6.61 Å². The number of non-ortho nitro benzene ring substituents is 1. The van der Waals surface area contributed by atoms with Gasteiger partial charge >= 0.3 is 6.09 Å². The van der Waals surface area contributed by atoms with Crippen LogP contribution in [0.2, 0.25) is 0 Å². The first-order valence-corrected chi connectivity index (χ1v) is 8.47. The summed E-state index contributed by atoms with van der Waals surface area (Å²) in [6, 6.07) is 5.94. The molecule has 8 nitrogen and oxygen atoms in total. The van der Waals surface area contributed by atoms with E-state index in [0.717, 1.165) is 19.5 Å². The number of rotatable bonds is 4. The van der Waals surface area contributed by atoms with E-state index in [2.05, 4.69) is 11.9 Å². The zero-order valence-corrected chi connectivity index (χ0v) is 14.2. The highest BCUT2D eigenvalue weighted by Gasteiger charge is 2.41. The van der Waals surface area contributed by atoms with Crippen LogP contribution >= 0.6 is 0 Å². The normalized spacial score (nSPS) is 26.8. The molecular formula is C17H23N3O5. The molecule has 0 aliphatic carbocycles. The van der Waals surface area contributed by atoms with E-state index in [0.29, 0.717) is 24.4 Å². The topological polar surface area (TPSA) is 96.2 Å². The van der Waals surface area contributed by atoms with Gasteiger partial charge in [0.25, 0.3) is 5.69 Å². The van der Waals surface area contributed by atoms with Crippen LogP contribution in [0.4, 0.5) is 10.5 Å². The van der Waals surface area contributed by atoms with E-state index in [1.807, 2.05) is 0 Å². The molecule has 0 bridgehead atoms. The molecular weight excluding hydrogens is 326 g/mol. The van der Waals surface area contributed by atoms with Gasteiger partial charge in [-0.3, -0.25) is 10.1 Å². The lowest BCUT2D eigenvalue weighted by atomic mass is 9.96. The quantitative estimate of drug-likeness (QED) is 0.655. The fourth-order valence-electron chi connectivity index (χ4n) is 3.72. The van der Waals surface area contributed by atoms with E-state index in [1.54, 1.807) is 17.0 Å². The smallest absolute Gasteiger partial charge is 0.410 e. The number of aliphatic hydroxyl groups is 1. The van der Waals surface area contributed by atoms with Gasteiger partial charge in [-0.05, 0) is 50.0 Å². The Hall–Kier alpha value is -2.19. The van der Waals surface area contributed by atoms with Gasteiger partial charge < -0.3 is 19.6 Å². The third-order valence-electron chi connectivity index (χ3n) is 5.04. The van der Waals surface area contributed by atoms with E-state index in [9.17, 15) is 20.0 Å². The number of nitro groups is 1. The number of β-amino-alcohol motifs (C(OH)–C–C–N with tert-alkyl or cyclic N) is 1. The van der Waals surface area contributed by atoms with Crippen molar-refractivity contribution >= 4 is 11.8 Å². The zero-order chi connectivity index (χ0) is 18.0. The molecule has 8 heteroatoms. The molecule has 136 valence electrons. The van der Waals surface area contributed by atoms with E-state index in [4.69, 9.17) is 4.74 Å². The predicted octanol–water partition coefficient (Wildman–Crippen LogP) is 1.62. The van der Waals surface area contributed by atoms with Crippen molar-refractivity contribution in [3.63, 3.8) is 0 Å². The molecule has 1 aromatic rings. The summed E-state index contributed by atoms with van der Waals surface area (Å²) >= 11 is 0. The summed E-state index contributed by atoms with van der Waals surface area (Å²) in [4.78, 5) is 26.5. The third kappa shape index (κ3) is 4.08. The molecule has 25 heavy (non-hydrogen) atoms. The average Bonchev–Trinajstić information content (AvgIpc) is 3.18. The second kappa shape index (κ2) is 7.37. The van der Waals surface area contributed by atoms with Crippen molar-refractivity contribution in [3.8, 4) is 0 Å². The molecule has 0 saturated carbocycles. The lowest BCUT2D eigenvalue weighted by Crippen LogP contribution is -2.41. The number of carbonyl (C=O) groups is 1. The maximum atomic E-state index is 12.5. The molecule has 2 aliphatic rings. The monoisotopic (exact) mass is 349 g/mol. The van der Waals surface area contributed by atoms with Crippen molar-refractivity contribution in [2.24, 2.45) is 5.92 Å². The molecule has 1 amide bonds. The van der Waals surface area contributed by atoms with Crippen molar-refractivity contribution < 1.29 is 19.6 Å². The Morgan fingerprint density at radius 2 is 2.08 bits per heavy atom. The van der Waals surface area contributed by atoms with Crippen molar-refractivity contribution in [2.75, 3.05) is 26.7 Å². The van der Waals surface area contributed by atoms with Gasteiger partial charge in [0.2, 0.25) is 0 Å². The number of likely N-dealkylation sites (tertiary alicyclic amines) is 2. The van der Waals surface area contributed by atoms with Gasteiger partial charge in [0, 0.05) is 24.7 Å². The summed E-state index contributed by atoms with van der Waals surface area (Å²) in [5, 5.41) is 20.6. The van der Waals surface area contributed by atoms with Crippen LogP contribution in [0.5, 0.6) is 0 Å². The molecule has 1 N–H and O–H groups in total. The molecule has 0 aromatic heterocycles. The third-order valence-corrected chi connectivity index (χ3v) is 5.04. The number of nitrogens with zero attached hydrogens (tertiary/aromatic N) is 3. The summed E-state index contributed by atoms with van der Waals surface area (Å²) in [5.74, 6) is 0.356. The summed E-state index contributed by atoms with van der Waals surface area (Å²) in [6.07, 6.45) is 0.655. The fourth-order valence-corrected chi connectivity index (χ4v) is 3.72. The molecule has 2 heterocycles. The highest BCUT2D eigenvalue weighted by molar-refractivity contribution is 5.68. The average molecular weight is 349 g/mol. The minimum absolute atomic E-state index is 0.00293. The van der Waals surface area contributed by atoms with Crippen molar-refractivity contribution in [3.05, 3.63) is 39.9 Å². The van der Waals surface area contributed by atoms with Crippen LogP contribution in [-0.4, -0.2) is 64.8 Å². The number of ether oxygens (including phenoxy) is 1. The number of hydrogen-bond donors (Lipinski definition) is 1. The van der Waals surface area contributed by atoms with Gasteiger partial charge in [0.15, 0.2) is 0 Å². The van der Waals surface area contributed by atoms with E-state index in [1.165, 1.54) is 12.1 Å². The van der Waals surface area contributed by atoms with Crippen LogP contribution in [0, 0.1) is 16.0 Å². The molecule has 2 aliphatic heterocycles. The zero-order valence-electron chi connectivity index (χ0n) is 14.2. The summed E-state index contributed by atoms with van der Waals surface area (Å²) in [5.41, 5.74) is 0.694. The lowest BCUT2D eigenvalue weighted by molar-refractivity contribution is -0.384. The molecule has 1 aromatic carbocycles. The van der Waals surface area contributed by atoms with Crippen LogP contribution in [0.15, 0.2) is 24.3 Å². The van der Waals surface area contributed by atoms with Crippen LogP contribution in [-0.2, 0) is 11.3 Å². The molecule has 3 rings (SSSR count). The minimum Gasteiger partial charge on any atom is -0.445 e. The Kier molecular flexibility index (Phi) is 5.19. The second-order valence-corrected chi connectivity index (χ2v) is 6.90. The van der Waals surface area contributed by atoms with E-state index in [-0.39, 0.29) is 18.3 Å². The number of hydrogen-bond acceptors (Lipinski definition) is 6. The van der Waals surface area contributed by atoms with Crippen molar-refractivity contribution in [2.45, 2.75) is 31.6 Å². The van der Waals surface area contributed by atoms with Gasteiger partial charge in [-0.2, -0.15) is 0 Å². The Morgan fingerprint density at radius 1 is 1.36 bits per heavy atom. The van der Waals surface area contributed by atoms with Crippen LogP contribution in [0.25, 0.3) is 0 Å². The minimum atomic E-state index is -0.511. The predicted molar refractivity (Wildman–Crippen MR) is 90.0 cm³/mol. The Morgan fingerprint density at radius 3 is 2.68 bits per heavy atom. The maximum Gasteiger partial charge on any atom is 0.410 e. The summed E-state index contributed by atoms with van der Waals surface area (Å²) in [6.45, 7) is 2.27. The Balaban J connectivity index is 1.58. The van der Waals surface area contributed by atoms with Crippen LogP contribution < -0.4 is 0 Å². The highest BCUT2D eigenvalue weighted by Crippen LogP contribution is 2.30. The molecule has 2 saturated heterocycles. The molecule has 0 spiro atoms.